The predicted molar refractivity (Wildman–Crippen MR) is 81.4 cm³/mol. The van der Waals surface area contributed by atoms with E-state index in [9.17, 15) is 4.79 Å². The molecule has 1 rings (SSSR count). The molecule has 0 spiro atoms. The number of hydrogen-bond acceptors (Lipinski definition) is 2. The molecule has 3 nitrogen and oxygen atoms in total. The minimum absolute atomic E-state index is 0.342. The van der Waals surface area contributed by atoms with Crippen molar-refractivity contribution in [2.45, 2.75) is 26.8 Å². The van der Waals surface area contributed by atoms with Crippen LogP contribution < -0.4 is 5.32 Å². The molecular weight excluding hydrogens is 330 g/mol. The molecule has 0 bridgehead atoms. The van der Waals surface area contributed by atoms with Crippen molar-refractivity contribution >= 4 is 33.5 Å². The van der Waals surface area contributed by atoms with Crippen molar-refractivity contribution in [3.05, 3.63) is 33.3 Å². The fourth-order valence-electron chi connectivity index (χ4n) is 1.88. The number of carboxylic acid groups (broad SMARTS) is 1. The maximum absolute atomic E-state index is 11.1. The van der Waals surface area contributed by atoms with Gasteiger partial charge in [0.2, 0.25) is 0 Å². The molecule has 106 valence electrons. The molecule has 0 saturated heterocycles. The fraction of sp³-hybridized carbons (Fsp3) is 0.500. The molecule has 0 fully saturated rings. The highest BCUT2D eigenvalue weighted by atomic mass is 79.9. The van der Waals surface area contributed by atoms with Gasteiger partial charge in [0.05, 0.1) is 10.9 Å². The van der Waals surface area contributed by atoms with Crippen molar-refractivity contribution in [2.75, 3.05) is 6.54 Å². The summed E-state index contributed by atoms with van der Waals surface area (Å²) in [4.78, 5) is 11.1. The van der Waals surface area contributed by atoms with E-state index in [1.165, 1.54) is 0 Å². The number of rotatable bonds is 7. The van der Waals surface area contributed by atoms with E-state index in [2.05, 4.69) is 21.2 Å². The zero-order chi connectivity index (χ0) is 14.4. The van der Waals surface area contributed by atoms with Gasteiger partial charge in [-0.15, -0.1) is 0 Å². The number of aliphatic carboxylic acids is 1. The molecule has 2 N–H and O–H groups in total. The maximum atomic E-state index is 11.1. The molecule has 0 aliphatic heterocycles. The zero-order valence-corrected chi connectivity index (χ0v) is 13.5. The molecule has 1 atom stereocenters. The number of hydrogen-bond donors (Lipinski definition) is 2. The summed E-state index contributed by atoms with van der Waals surface area (Å²) in [6.07, 6.45) is 0.684. The molecule has 19 heavy (non-hydrogen) atoms. The van der Waals surface area contributed by atoms with E-state index in [0.717, 1.165) is 10.0 Å². The van der Waals surface area contributed by atoms with Crippen molar-refractivity contribution in [3.63, 3.8) is 0 Å². The normalized spacial score (nSPS) is 12.7. The lowest BCUT2D eigenvalue weighted by Crippen LogP contribution is -2.29. The first-order valence-corrected chi connectivity index (χ1v) is 7.44. The zero-order valence-electron chi connectivity index (χ0n) is 11.1. The number of benzene rings is 1. The standard InChI is InChI=1S/C14H19BrClNO2/c1-9(2)5-11(14(18)19)8-17-7-10-3-4-12(15)13(16)6-10/h3-4,6,9,11,17H,5,7-8H2,1-2H3,(H,18,19). The summed E-state index contributed by atoms with van der Waals surface area (Å²) in [6.45, 7) is 5.16. The van der Waals surface area contributed by atoms with E-state index in [-0.39, 0.29) is 5.92 Å². The van der Waals surface area contributed by atoms with Gasteiger partial charge in [-0.05, 0) is 46.0 Å². The molecule has 0 aliphatic carbocycles. The Bertz CT molecular complexity index is 437. The van der Waals surface area contributed by atoms with Crippen molar-refractivity contribution in [3.8, 4) is 0 Å². The van der Waals surface area contributed by atoms with Gasteiger partial charge in [0.15, 0.2) is 0 Å². The first-order chi connectivity index (χ1) is 8.90. The Morgan fingerprint density at radius 2 is 2.16 bits per heavy atom. The second kappa shape index (κ2) is 7.88. The molecule has 0 saturated carbocycles. The molecule has 5 heteroatoms. The van der Waals surface area contributed by atoms with E-state index >= 15 is 0 Å². The third-order valence-electron chi connectivity index (χ3n) is 2.81. The van der Waals surface area contributed by atoms with Gasteiger partial charge in [0.25, 0.3) is 0 Å². The monoisotopic (exact) mass is 347 g/mol. The van der Waals surface area contributed by atoms with Crippen LogP contribution in [0.3, 0.4) is 0 Å². The third kappa shape index (κ3) is 5.93. The van der Waals surface area contributed by atoms with Crippen molar-refractivity contribution in [2.24, 2.45) is 11.8 Å². The van der Waals surface area contributed by atoms with E-state index < -0.39 is 5.97 Å². The van der Waals surface area contributed by atoms with Crippen LogP contribution >= 0.6 is 27.5 Å². The van der Waals surface area contributed by atoms with Crippen LogP contribution in [0.1, 0.15) is 25.8 Å². The predicted octanol–water partition coefficient (Wildman–Crippen LogP) is 3.94. The molecule has 1 unspecified atom stereocenters. The SMILES string of the molecule is CC(C)CC(CNCc1ccc(Br)c(Cl)c1)C(=O)O. The van der Waals surface area contributed by atoms with Gasteiger partial charge in [-0.2, -0.15) is 0 Å². The Hall–Kier alpha value is -0.580. The quantitative estimate of drug-likeness (QED) is 0.784. The van der Waals surface area contributed by atoms with Crippen LogP contribution in [0, 0.1) is 11.8 Å². The Kier molecular flexibility index (Phi) is 6.83. The van der Waals surface area contributed by atoms with E-state index in [4.69, 9.17) is 16.7 Å². The maximum Gasteiger partial charge on any atom is 0.307 e. The summed E-state index contributed by atoms with van der Waals surface area (Å²) in [7, 11) is 0. The van der Waals surface area contributed by atoms with Gasteiger partial charge >= 0.3 is 5.97 Å². The Morgan fingerprint density at radius 3 is 2.68 bits per heavy atom. The van der Waals surface area contributed by atoms with E-state index in [1.807, 2.05) is 32.0 Å². The summed E-state index contributed by atoms with van der Waals surface area (Å²) >= 11 is 9.34. The highest BCUT2D eigenvalue weighted by Crippen LogP contribution is 2.23. The lowest BCUT2D eigenvalue weighted by Gasteiger charge is -2.15. The minimum atomic E-state index is -0.741. The average Bonchev–Trinajstić information content (AvgIpc) is 2.31. The minimum Gasteiger partial charge on any atom is -0.481 e. The summed E-state index contributed by atoms with van der Waals surface area (Å²) in [5.74, 6) is -0.703. The number of halogens is 2. The van der Waals surface area contributed by atoms with E-state index in [1.54, 1.807) is 0 Å². The highest BCUT2D eigenvalue weighted by molar-refractivity contribution is 9.10. The lowest BCUT2D eigenvalue weighted by atomic mass is 9.97. The fourth-order valence-corrected chi connectivity index (χ4v) is 2.33. The number of nitrogens with one attached hydrogen (secondary N) is 1. The Labute approximate surface area is 127 Å². The topological polar surface area (TPSA) is 49.3 Å². The van der Waals surface area contributed by atoms with Crippen LogP contribution in [-0.4, -0.2) is 17.6 Å². The summed E-state index contributed by atoms with van der Waals surface area (Å²) in [5, 5.41) is 13.0. The molecule has 0 amide bonds. The average molecular weight is 349 g/mol. The Balaban J connectivity index is 2.47. The van der Waals surface area contributed by atoms with Crippen LogP contribution in [0.25, 0.3) is 0 Å². The van der Waals surface area contributed by atoms with Gasteiger partial charge in [-0.25, -0.2) is 0 Å². The molecule has 0 heterocycles. The lowest BCUT2D eigenvalue weighted by molar-refractivity contribution is -0.142. The number of carboxylic acids is 1. The van der Waals surface area contributed by atoms with E-state index in [0.29, 0.717) is 30.5 Å². The van der Waals surface area contributed by atoms with Gasteiger partial charge in [-0.1, -0.05) is 31.5 Å². The second-order valence-corrected chi connectivity index (χ2v) is 6.31. The first kappa shape index (κ1) is 16.5. The highest BCUT2D eigenvalue weighted by Gasteiger charge is 2.18. The van der Waals surface area contributed by atoms with Crippen LogP contribution in [0.4, 0.5) is 0 Å². The Morgan fingerprint density at radius 1 is 1.47 bits per heavy atom. The van der Waals surface area contributed by atoms with Crippen molar-refractivity contribution in [1.82, 2.24) is 5.32 Å². The second-order valence-electron chi connectivity index (χ2n) is 5.04. The largest absolute Gasteiger partial charge is 0.481 e. The molecule has 1 aromatic rings. The van der Waals surface area contributed by atoms with Crippen LogP contribution in [0.15, 0.2) is 22.7 Å². The summed E-state index contributed by atoms with van der Waals surface area (Å²) < 4.78 is 0.862. The van der Waals surface area contributed by atoms with Gasteiger partial charge in [0.1, 0.15) is 0 Å². The first-order valence-electron chi connectivity index (χ1n) is 6.27. The summed E-state index contributed by atoms with van der Waals surface area (Å²) in [5.41, 5.74) is 1.04. The molecular formula is C14H19BrClNO2. The molecule has 0 aromatic heterocycles. The van der Waals surface area contributed by atoms with Gasteiger partial charge in [0, 0.05) is 17.6 Å². The molecule has 1 aromatic carbocycles. The van der Waals surface area contributed by atoms with Crippen molar-refractivity contribution in [1.29, 1.82) is 0 Å². The van der Waals surface area contributed by atoms with Crippen LogP contribution in [-0.2, 0) is 11.3 Å². The van der Waals surface area contributed by atoms with Gasteiger partial charge < -0.3 is 10.4 Å². The smallest absolute Gasteiger partial charge is 0.307 e. The molecule has 0 aliphatic rings. The summed E-state index contributed by atoms with van der Waals surface area (Å²) in [6, 6.07) is 5.72. The van der Waals surface area contributed by atoms with Crippen LogP contribution in [0.5, 0.6) is 0 Å². The van der Waals surface area contributed by atoms with Gasteiger partial charge in [-0.3, -0.25) is 4.79 Å². The molecule has 0 radical (unpaired) electrons. The van der Waals surface area contributed by atoms with Crippen LogP contribution in [0.2, 0.25) is 5.02 Å². The third-order valence-corrected chi connectivity index (χ3v) is 4.04. The van der Waals surface area contributed by atoms with Crippen molar-refractivity contribution < 1.29 is 9.90 Å². The number of carbonyl (C=O) groups is 1.